The Morgan fingerprint density at radius 1 is 1.25 bits per heavy atom. The molecule has 0 amide bonds. The van der Waals surface area contributed by atoms with Crippen molar-refractivity contribution < 1.29 is 0 Å². The number of nitrogens with zero attached hydrogens (tertiary/aromatic N) is 2. The molecule has 1 fully saturated rings. The molecule has 0 spiro atoms. The molecule has 0 aromatic rings. The van der Waals surface area contributed by atoms with Gasteiger partial charge in [-0.25, -0.2) is 0 Å². The van der Waals surface area contributed by atoms with E-state index < -0.39 is 0 Å². The molecule has 1 rings (SSSR count). The third-order valence-electron chi connectivity index (χ3n) is 3.70. The quantitative estimate of drug-likeness (QED) is 0.766. The van der Waals surface area contributed by atoms with Gasteiger partial charge in [0.05, 0.1) is 0 Å². The smallest absolute Gasteiger partial charge is 0.0281 e. The molecule has 0 aliphatic carbocycles. The minimum absolute atomic E-state index is 0.294. The Hall–Kier alpha value is -0.120. The first-order chi connectivity index (χ1) is 7.47. The molecule has 96 valence electrons. The molecule has 1 saturated heterocycles. The first-order valence-electron chi connectivity index (χ1n) is 6.67. The monoisotopic (exact) mass is 227 g/mol. The van der Waals surface area contributed by atoms with E-state index in [1.54, 1.807) is 0 Å². The van der Waals surface area contributed by atoms with Gasteiger partial charge >= 0.3 is 0 Å². The minimum Gasteiger partial charge on any atom is -0.314 e. The van der Waals surface area contributed by atoms with Gasteiger partial charge in [0, 0.05) is 44.3 Å². The molecule has 1 aliphatic heterocycles. The number of likely N-dealkylation sites (N-methyl/N-ethyl adjacent to an activating group) is 1. The molecule has 0 radical (unpaired) electrons. The van der Waals surface area contributed by atoms with Crippen molar-refractivity contribution in [1.29, 1.82) is 0 Å². The van der Waals surface area contributed by atoms with Crippen LogP contribution in [0, 0.1) is 0 Å². The Balaban J connectivity index is 2.54. The highest BCUT2D eigenvalue weighted by atomic mass is 15.3. The van der Waals surface area contributed by atoms with Gasteiger partial charge in [-0.3, -0.25) is 9.80 Å². The second-order valence-corrected chi connectivity index (χ2v) is 5.71. The summed E-state index contributed by atoms with van der Waals surface area (Å²) in [4.78, 5) is 5.18. The Morgan fingerprint density at radius 3 is 2.25 bits per heavy atom. The van der Waals surface area contributed by atoms with Crippen molar-refractivity contribution in [2.75, 3.05) is 39.3 Å². The number of nitrogens with one attached hydrogen (secondary N) is 1. The molecule has 1 N–H and O–H groups in total. The summed E-state index contributed by atoms with van der Waals surface area (Å²) in [6.45, 7) is 18.5. The Kier molecular flexibility index (Phi) is 5.22. The number of piperazine rings is 1. The number of rotatable bonds is 5. The molecule has 0 aromatic heterocycles. The van der Waals surface area contributed by atoms with Crippen LogP contribution in [0.2, 0.25) is 0 Å². The van der Waals surface area contributed by atoms with Gasteiger partial charge in [-0.15, -0.1) is 0 Å². The second kappa shape index (κ2) is 5.99. The summed E-state index contributed by atoms with van der Waals surface area (Å²) in [7, 11) is 0. The van der Waals surface area contributed by atoms with Crippen molar-refractivity contribution in [2.45, 2.75) is 46.2 Å². The summed E-state index contributed by atoms with van der Waals surface area (Å²) in [6.07, 6.45) is 0. The third-order valence-corrected chi connectivity index (χ3v) is 3.70. The maximum Gasteiger partial charge on any atom is 0.0281 e. The average Bonchev–Trinajstić information content (AvgIpc) is 2.27. The standard InChI is InChI=1S/C13H29N3/c1-6-15(12(2)3)11-13(4,5)16-9-7-14-8-10-16/h12,14H,6-11H2,1-5H3. The molecule has 3 nitrogen and oxygen atoms in total. The lowest BCUT2D eigenvalue weighted by Crippen LogP contribution is -2.58. The largest absolute Gasteiger partial charge is 0.314 e. The molecule has 0 atom stereocenters. The fourth-order valence-electron chi connectivity index (χ4n) is 2.53. The van der Waals surface area contributed by atoms with Crippen LogP contribution in [0.4, 0.5) is 0 Å². The van der Waals surface area contributed by atoms with Crippen molar-refractivity contribution in [2.24, 2.45) is 0 Å². The lowest BCUT2D eigenvalue weighted by atomic mass is 10.00. The van der Waals surface area contributed by atoms with Crippen molar-refractivity contribution in [3.8, 4) is 0 Å². The van der Waals surface area contributed by atoms with Gasteiger partial charge < -0.3 is 5.32 Å². The lowest BCUT2D eigenvalue weighted by molar-refractivity contribution is 0.0545. The lowest BCUT2D eigenvalue weighted by Gasteiger charge is -2.44. The zero-order valence-electron chi connectivity index (χ0n) is 11.7. The SMILES string of the molecule is CCN(CC(C)(C)N1CCNCC1)C(C)C. The van der Waals surface area contributed by atoms with E-state index in [1.165, 1.54) is 19.6 Å². The van der Waals surface area contributed by atoms with Gasteiger partial charge in [0.1, 0.15) is 0 Å². The zero-order valence-corrected chi connectivity index (χ0v) is 11.7. The van der Waals surface area contributed by atoms with Gasteiger partial charge in [0.25, 0.3) is 0 Å². The van der Waals surface area contributed by atoms with E-state index in [1.807, 2.05) is 0 Å². The van der Waals surface area contributed by atoms with Crippen molar-refractivity contribution in [1.82, 2.24) is 15.1 Å². The molecule has 3 heteroatoms. The van der Waals surface area contributed by atoms with E-state index in [0.717, 1.165) is 19.6 Å². The molecule has 0 unspecified atom stereocenters. The third kappa shape index (κ3) is 3.72. The van der Waals surface area contributed by atoms with Gasteiger partial charge in [-0.05, 0) is 34.2 Å². The summed E-state index contributed by atoms with van der Waals surface area (Å²) in [5, 5.41) is 3.42. The number of hydrogen-bond acceptors (Lipinski definition) is 3. The first kappa shape index (κ1) is 13.9. The molecule has 1 heterocycles. The van der Waals surface area contributed by atoms with E-state index >= 15 is 0 Å². The summed E-state index contributed by atoms with van der Waals surface area (Å²) in [6, 6.07) is 0.646. The van der Waals surface area contributed by atoms with E-state index in [9.17, 15) is 0 Å². The first-order valence-corrected chi connectivity index (χ1v) is 6.67. The topological polar surface area (TPSA) is 18.5 Å². The maximum atomic E-state index is 3.42. The highest BCUT2D eigenvalue weighted by Crippen LogP contribution is 2.17. The molecule has 1 aliphatic rings. The summed E-state index contributed by atoms with van der Waals surface area (Å²) in [5.41, 5.74) is 0.294. The summed E-state index contributed by atoms with van der Waals surface area (Å²) < 4.78 is 0. The Morgan fingerprint density at radius 2 is 1.81 bits per heavy atom. The van der Waals surface area contributed by atoms with Gasteiger partial charge in [0.15, 0.2) is 0 Å². The van der Waals surface area contributed by atoms with Gasteiger partial charge in [-0.1, -0.05) is 6.92 Å². The van der Waals surface area contributed by atoms with Crippen molar-refractivity contribution in [3.05, 3.63) is 0 Å². The maximum absolute atomic E-state index is 3.42. The van der Waals surface area contributed by atoms with Crippen molar-refractivity contribution in [3.63, 3.8) is 0 Å². The summed E-state index contributed by atoms with van der Waals surface area (Å²) in [5.74, 6) is 0. The zero-order chi connectivity index (χ0) is 12.2. The second-order valence-electron chi connectivity index (χ2n) is 5.71. The van der Waals surface area contributed by atoms with Crippen LogP contribution >= 0.6 is 0 Å². The Labute approximate surface area is 101 Å². The molecule has 0 aromatic carbocycles. The van der Waals surface area contributed by atoms with Gasteiger partial charge in [-0.2, -0.15) is 0 Å². The van der Waals surface area contributed by atoms with E-state index in [2.05, 4.69) is 49.7 Å². The average molecular weight is 227 g/mol. The van der Waals surface area contributed by atoms with Crippen LogP contribution < -0.4 is 5.32 Å². The molecule has 0 bridgehead atoms. The fourth-order valence-corrected chi connectivity index (χ4v) is 2.53. The van der Waals surface area contributed by atoms with E-state index in [-0.39, 0.29) is 0 Å². The highest BCUT2D eigenvalue weighted by molar-refractivity contribution is 4.88. The molecular weight excluding hydrogens is 198 g/mol. The number of hydrogen-bond donors (Lipinski definition) is 1. The van der Waals surface area contributed by atoms with Crippen LogP contribution in [-0.4, -0.2) is 60.6 Å². The Bertz CT molecular complexity index is 195. The molecular formula is C13H29N3. The van der Waals surface area contributed by atoms with Gasteiger partial charge in [0.2, 0.25) is 0 Å². The predicted octanol–water partition coefficient (Wildman–Crippen LogP) is 1.40. The molecule has 16 heavy (non-hydrogen) atoms. The van der Waals surface area contributed by atoms with Crippen LogP contribution in [0.15, 0.2) is 0 Å². The van der Waals surface area contributed by atoms with Crippen LogP contribution in [0.25, 0.3) is 0 Å². The van der Waals surface area contributed by atoms with Crippen LogP contribution in [0.5, 0.6) is 0 Å². The minimum atomic E-state index is 0.294. The highest BCUT2D eigenvalue weighted by Gasteiger charge is 2.30. The van der Waals surface area contributed by atoms with Crippen LogP contribution in [-0.2, 0) is 0 Å². The van der Waals surface area contributed by atoms with Crippen molar-refractivity contribution >= 4 is 0 Å². The normalized spacial score (nSPS) is 19.7. The van der Waals surface area contributed by atoms with Crippen LogP contribution in [0.1, 0.15) is 34.6 Å². The van der Waals surface area contributed by atoms with E-state index in [0.29, 0.717) is 11.6 Å². The molecule has 0 saturated carbocycles. The summed E-state index contributed by atoms with van der Waals surface area (Å²) >= 11 is 0. The predicted molar refractivity (Wildman–Crippen MR) is 70.9 cm³/mol. The van der Waals surface area contributed by atoms with E-state index in [4.69, 9.17) is 0 Å². The fraction of sp³-hybridized carbons (Fsp3) is 1.00. The van der Waals surface area contributed by atoms with Crippen LogP contribution in [0.3, 0.4) is 0 Å².